The summed E-state index contributed by atoms with van der Waals surface area (Å²) in [5.74, 6) is -0.319. The molecule has 2 aliphatic rings. The SMILES string of the molecule is N#Cc1ccc(N2CCN(C3CCc4cc(CO)ccc43)CC2)c(F)c1. The Morgan fingerprint density at radius 1 is 1.12 bits per heavy atom. The number of nitriles is 1. The number of piperazine rings is 1. The Hall–Kier alpha value is -2.42. The molecule has 0 aromatic heterocycles. The van der Waals surface area contributed by atoms with Crippen molar-refractivity contribution >= 4 is 5.69 Å². The van der Waals surface area contributed by atoms with Gasteiger partial charge in [0.1, 0.15) is 5.82 Å². The minimum Gasteiger partial charge on any atom is -0.392 e. The molecule has 5 heteroatoms. The molecule has 1 saturated heterocycles. The van der Waals surface area contributed by atoms with Crippen LogP contribution in [0.2, 0.25) is 0 Å². The number of halogens is 1. The first-order chi connectivity index (χ1) is 12.7. The Balaban J connectivity index is 1.45. The second-order valence-electron chi connectivity index (χ2n) is 7.05. The van der Waals surface area contributed by atoms with E-state index in [0.717, 1.165) is 44.6 Å². The fourth-order valence-corrected chi connectivity index (χ4v) is 4.23. The third-order valence-corrected chi connectivity index (χ3v) is 5.61. The van der Waals surface area contributed by atoms with E-state index >= 15 is 0 Å². The van der Waals surface area contributed by atoms with E-state index in [9.17, 15) is 9.50 Å². The number of hydrogen-bond acceptors (Lipinski definition) is 4. The van der Waals surface area contributed by atoms with Crippen molar-refractivity contribution in [2.24, 2.45) is 0 Å². The molecule has 2 aromatic carbocycles. The summed E-state index contributed by atoms with van der Waals surface area (Å²) in [5.41, 5.74) is 4.64. The molecule has 26 heavy (non-hydrogen) atoms. The Kier molecular flexibility index (Phi) is 4.62. The van der Waals surface area contributed by atoms with Crippen LogP contribution >= 0.6 is 0 Å². The molecule has 0 amide bonds. The van der Waals surface area contributed by atoms with Gasteiger partial charge in [-0.05, 0) is 47.7 Å². The van der Waals surface area contributed by atoms with E-state index in [4.69, 9.17) is 5.26 Å². The summed E-state index contributed by atoms with van der Waals surface area (Å²) in [6.07, 6.45) is 2.16. The van der Waals surface area contributed by atoms with Crippen molar-refractivity contribution in [1.29, 1.82) is 5.26 Å². The number of aliphatic hydroxyl groups excluding tert-OH is 1. The quantitative estimate of drug-likeness (QED) is 0.924. The fraction of sp³-hybridized carbons (Fsp3) is 0.381. The number of hydrogen-bond donors (Lipinski definition) is 1. The van der Waals surface area contributed by atoms with Gasteiger partial charge in [-0.2, -0.15) is 5.26 Å². The fourth-order valence-electron chi connectivity index (χ4n) is 4.23. The largest absolute Gasteiger partial charge is 0.392 e. The van der Waals surface area contributed by atoms with Crippen molar-refractivity contribution in [2.75, 3.05) is 31.1 Å². The molecule has 0 radical (unpaired) electrons. The first-order valence-corrected chi connectivity index (χ1v) is 9.11. The highest BCUT2D eigenvalue weighted by atomic mass is 19.1. The highest BCUT2D eigenvalue weighted by Crippen LogP contribution is 2.37. The van der Waals surface area contributed by atoms with Gasteiger partial charge in [-0.25, -0.2) is 4.39 Å². The monoisotopic (exact) mass is 351 g/mol. The lowest BCUT2D eigenvalue weighted by Crippen LogP contribution is -2.47. The van der Waals surface area contributed by atoms with Crippen LogP contribution in [0, 0.1) is 17.1 Å². The minimum atomic E-state index is -0.319. The third kappa shape index (κ3) is 3.07. The molecule has 134 valence electrons. The maximum absolute atomic E-state index is 14.3. The molecular formula is C21H22FN3O. The van der Waals surface area contributed by atoms with Gasteiger partial charge in [-0.1, -0.05) is 18.2 Å². The van der Waals surface area contributed by atoms with Crippen LogP contribution in [0.25, 0.3) is 0 Å². The molecule has 2 aromatic rings. The second-order valence-corrected chi connectivity index (χ2v) is 7.05. The van der Waals surface area contributed by atoms with Gasteiger partial charge in [-0.15, -0.1) is 0 Å². The molecule has 0 spiro atoms. The number of aliphatic hydroxyl groups is 1. The lowest BCUT2D eigenvalue weighted by molar-refractivity contribution is 0.185. The Bertz CT molecular complexity index is 853. The lowest BCUT2D eigenvalue weighted by atomic mass is 10.0. The number of fused-ring (bicyclic) bond motifs is 1. The molecule has 1 heterocycles. The van der Waals surface area contributed by atoms with Crippen molar-refractivity contribution in [3.63, 3.8) is 0 Å². The minimum absolute atomic E-state index is 0.0901. The lowest BCUT2D eigenvalue weighted by Gasteiger charge is -2.39. The van der Waals surface area contributed by atoms with E-state index in [0.29, 0.717) is 17.3 Å². The topological polar surface area (TPSA) is 50.5 Å². The summed E-state index contributed by atoms with van der Waals surface area (Å²) < 4.78 is 14.3. The van der Waals surface area contributed by atoms with Crippen LogP contribution < -0.4 is 4.90 Å². The third-order valence-electron chi connectivity index (χ3n) is 5.61. The summed E-state index contributed by atoms with van der Waals surface area (Å²) in [4.78, 5) is 4.56. The van der Waals surface area contributed by atoms with Gasteiger partial charge in [0.05, 0.1) is 23.9 Å². The Labute approximate surface area is 153 Å². The molecule has 1 aliphatic carbocycles. The van der Waals surface area contributed by atoms with Crippen LogP contribution in [0.15, 0.2) is 36.4 Å². The van der Waals surface area contributed by atoms with E-state index < -0.39 is 0 Å². The average molecular weight is 351 g/mol. The maximum atomic E-state index is 14.3. The van der Waals surface area contributed by atoms with Gasteiger partial charge < -0.3 is 10.0 Å². The van der Waals surface area contributed by atoms with Crippen LogP contribution in [0.3, 0.4) is 0 Å². The Morgan fingerprint density at radius 2 is 1.92 bits per heavy atom. The van der Waals surface area contributed by atoms with Crippen LogP contribution in [0.1, 0.15) is 34.7 Å². The molecule has 4 nitrogen and oxygen atoms in total. The zero-order valence-corrected chi connectivity index (χ0v) is 14.7. The Morgan fingerprint density at radius 3 is 2.62 bits per heavy atom. The van der Waals surface area contributed by atoms with E-state index in [1.54, 1.807) is 12.1 Å². The molecule has 0 saturated carbocycles. The van der Waals surface area contributed by atoms with Crippen molar-refractivity contribution in [2.45, 2.75) is 25.5 Å². The van der Waals surface area contributed by atoms with Crippen LogP contribution in [0.4, 0.5) is 10.1 Å². The molecule has 1 aliphatic heterocycles. The molecule has 1 N–H and O–H groups in total. The van der Waals surface area contributed by atoms with E-state index in [-0.39, 0.29) is 12.4 Å². The number of rotatable bonds is 3. The highest BCUT2D eigenvalue weighted by molar-refractivity contribution is 5.51. The van der Waals surface area contributed by atoms with Gasteiger partial charge in [0.15, 0.2) is 0 Å². The molecule has 4 rings (SSSR count). The van der Waals surface area contributed by atoms with Gasteiger partial charge in [-0.3, -0.25) is 4.90 Å². The summed E-state index contributed by atoms with van der Waals surface area (Å²) in [6, 6.07) is 13.4. The van der Waals surface area contributed by atoms with Crippen molar-refractivity contribution in [3.8, 4) is 6.07 Å². The number of anilines is 1. The van der Waals surface area contributed by atoms with Gasteiger partial charge in [0.25, 0.3) is 0 Å². The summed E-state index contributed by atoms with van der Waals surface area (Å²) in [7, 11) is 0. The highest BCUT2D eigenvalue weighted by Gasteiger charge is 2.30. The molecule has 1 unspecified atom stereocenters. The van der Waals surface area contributed by atoms with Crippen LogP contribution in [-0.4, -0.2) is 36.2 Å². The van der Waals surface area contributed by atoms with E-state index in [2.05, 4.69) is 21.9 Å². The summed E-state index contributed by atoms with van der Waals surface area (Å²) >= 11 is 0. The zero-order valence-electron chi connectivity index (χ0n) is 14.7. The zero-order chi connectivity index (χ0) is 18.1. The predicted octanol–water partition coefficient (Wildman–Crippen LogP) is 3.00. The van der Waals surface area contributed by atoms with Crippen LogP contribution in [-0.2, 0) is 13.0 Å². The molecule has 1 atom stereocenters. The second kappa shape index (κ2) is 7.06. The maximum Gasteiger partial charge on any atom is 0.147 e. The first kappa shape index (κ1) is 17.0. The number of aryl methyl sites for hydroxylation is 1. The van der Waals surface area contributed by atoms with Gasteiger partial charge in [0, 0.05) is 32.2 Å². The summed E-state index contributed by atoms with van der Waals surface area (Å²) in [6.45, 7) is 3.44. The normalized spacial score (nSPS) is 20.0. The van der Waals surface area contributed by atoms with Gasteiger partial charge >= 0.3 is 0 Å². The van der Waals surface area contributed by atoms with Crippen molar-refractivity contribution < 1.29 is 9.50 Å². The average Bonchev–Trinajstić information content (AvgIpc) is 3.11. The standard InChI is InChI=1S/C21H22FN3O/c22-19-12-15(13-23)2-5-21(19)25-9-7-24(8-10-25)20-6-3-17-11-16(14-26)1-4-18(17)20/h1-2,4-5,11-12,20,26H,3,6-10,14H2. The molecule has 0 bridgehead atoms. The van der Waals surface area contributed by atoms with Crippen LogP contribution in [0.5, 0.6) is 0 Å². The van der Waals surface area contributed by atoms with E-state index in [1.807, 2.05) is 12.1 Å². The smallest absolute Gasteiger partial charge is 0.147 e. The molecule has 1 fully saturated rings. The van der Waals surface area contributed by atoms with Crippen molar-refractivity contribution in [3.05, 3.63) is 64.5 Å². The molecular weight excluding hydrogens is 329 g/mol. The number of benzene rings is 2. The van der Waals surface area contributed by atoms with Gasteiger partial charge in [0.2, 0.25) is 0 Å². The van der Waals surface area contributed by atoms with E-state index in [1.165, 1.54) is 17.2 Å². The van der Waals surface area contributed by atoms with Crippen molar-refractivity contribution in [1.82, 2.24) is 4.90 Å². The predicted molar refractivity (Wildman–Crippen MR) is 98.3 cm³/mol. The number of nitrogens with zero attached hydrogens (tertiary/aromatic N) is 3. The summed E-state index contributed by atoms with van der Waals surface area (Å²) in [5, 5.41) is 18.2. The first-order valence-electron chi connectivity index (χ1n) is 9.11.